The van der Waals surface area contributed by atoms with Crippen molar-refractivity contribution >= 4 is 23.2 Å². The average Bonchev–Trinajstić information content (AvgIpc) is 3.26. The Morgan fingerprint density at radius 3 is 2.64 bits per heavy atom. The summed E-state index contributed by atoms with van der Waals surface area (Å²) in [4.78, 5) is 34.0. The van der Waals surface area contributed by atoms with E-state index in [1.54, 1.807) is 11.3 Å². The summed E-state index contributed by atoms with van der Waals surface area (Å²) in [5, 5.41) is 3.08. The van der Waals surface area contributed by atoms with Gasteiger partial charge in [0.05, 0.1) is 23.2 Å². The van der Waals surface area contributed by atoms with Gasteiger partial charge in [-0.1, -0.05) is 6.92 Å². The molecule has 1 aromatic heterocycles. The third kappa shape index (κ3) is 3.33. The minimum absolute atomic E-state index is 0.00574. The molecular weight excluding hydrogens is 334 g/mol. The standard InChI is InChI=1S/C19H27N3O2S/c1-12-3-5-14(6-4-12)18(23)22-8-15-7-21(19(24)17(15)10-22)9-16-11-25-13(2)20-16/h11-12,14-15,17H,3-10H2,1-2H3/t12?,14?,15-,17+/m1/s1. The van der Waals surface area contributed by atoms with Crippen LogP contribution >= 0.6 is 11.3 Å². The van der Waals surface area contributed by atoms with Gasteiger partial charge in [-0.3, -0.25) is 9.59 Å². The smallest absolute Gasteiger partial charge is 0.228 e. The molecule has 2 saturated heterocycles. The summed E-state index contributed by atoms with van der Waals surface area (Å²) < 4.78 is 0. The fourth-order valence-corrected chi connectivity index (χ4v) is 5.31. The molecule has 0 aromatic carbocycles. The number of rotatable bonds is 3. The van der Waals surface area contributed by atoms with E-state index in [9.17, 15) is 9.59 Å². The van der Waals surface area contributed by atoms with Crippen molar-refractivity contribution < 1.29 is 9.59 Å². The first-order chi connectivity index (χ1) is 12.0. The predicted molar refractivity (Wildman–Crippen MR) is 97.0 cm³/mol. The molecule has 4 rings (SSSR count). The molecule has 136 valence electrons. The zero-order valence-corrected chi connectivity index (χ0v) is 15.9. The number of hydrogen-bond donors (Lipinski definition) is 0. The van der Waals surface area contributed by atoms with Crippen LogP contribution < -0.4 is 0 Å². The number of fused-ring (bicyclic) bond motifs is 1. The largest absolute Gasteiger partial charge is 0.341 e. The van der Waals surface area contributed by atoms with Gasteiger partial charge in [0.1, 0.15) is 0 Å². The second kappa shape index (κ2) is 6.71. The highest BCUT2D eigenvalue weighted by Crippen LogP contribution is 2.36. The lowest BCUT2D eigenvalue weighted by Crippen LogP contribution is -2.39. The zero-order valence-electron chi connectivity index (χ0n) is 15.1. The fourth-order valence-electron chi connectivity index (χ4n) is 4.71. The first kappa shape index (κ1) is 17.0. The van der Waals surface area contributed by atoms with E-state index >= 15 is 0 Å². The van der Waals surface area contributed by atoms with Crippen LogP contribution in [0.3, 0.4) is 0 Å². The lowest BCUT2D eigenvalue weighted by molar-refractivity contribution is -0.137. The van der Waals surface area contributed by atoms with E-state index in [4.69, 9.17) is 0 Å². The summed E-state index contributed by atoms with van der Waals surface area (Å²) >= 11 is 1.63. The number of amides is 2. The molecule has 0 bridgehead atoms. The number of aryl methyl sites for hydroxylation is 1. The molecule has 25 heavy (non-hydrogen) atoms. The first-order valence-electron chi connectivity index (χ1n) is 9.50. The lowest BCUT2D eigenvalue weighted by Gasteiger charge is -2.29. The molecule has 2 amide bonds. The first-order valence-corrected chi connectivity index (χ1v) is 10.4. The zero-order chi connectivity index (χ0) is 17.6. The van der Waals surface area contributed by atoms with Crippen LogP contribution in [0.2, 0.25) is 0 Å². The van der Waals surface area contributed by atoms with Crippen molar-refractivity contribution in [2.75, 3.05) is 19.6 Å². The Hall–Kier alpha value is -1.43. The fraction of sp³-hybridized carbons (Fsp3) is 0.737. The average molecular weight is 362 g/mol. The predicted octanol–water partition coefficient (Wildman–Crippen LogP) is 2.69. The van der Waals surface area contributed by atoms with Crippen LogP contribution in [0, 0.1) is 30.6 Å². The molecule has 0 unspecified atom stereocenters. The normalized spacial score (nSPS) is 32.3. The minimum Gasteiger partial charge on any atom is -0.341 e. The number of carbonyl (C=O) groups is 2. The number of carbonyl (C=O) groups excluding carboxylic acids is 2. The highest BCUT2D eigenvalue weighted by Gasteiger charge is 2.48. The van der Waals surface area contributed by atoms with Crippen molar-refractivity contribution in [3.63, 3.8) is 0 Å². The Labute approximate surface area is 153 Å². The topological polar surface area (TPSA) is 53.5 Å². The van der Waals surface area contributed by atoms with Gasteiger partial charge in [-0.05, 0) is 38.5 Å². The van der Waals surface area contributed by atoms with Gasteiger partial charge in [0, 0.05) is 36.9 Å². The molecule has 5 nitrogen and oxygen atoms in total. The Morgan fingerprint density at radius 1 is 1.24 bits per heavy atom. The molecule has 0 N–H and O–H groups in total. The summed E-state index contributed by atoms with van der Waals surface area (Å²) in [6.07, 6.45) is 4.37. The summed E-state index contributed by atoms with van der Waals surface area (Å²) in [5.74, 6) is 1.77. The molecular formula is C19H27N3O2S. The van der Waals surface area contributed by atoms with Gasteiger partial charge in [-0.2, -0.15) is 0 Å². The highest BCUT2D eigenvalue weighted by molar-refractivity contribution is 7.09. The Balaban J connectivity index is 1.34. The van der Waals surface area contributed by atoms with E-state index in [-0.39, 0.29) is 17.7 Å². The number of likely N-dealkylation sites (tertiary alicyclic amines) is 2. The monoisotopic (exact) mass is 361 g/mol. The van der Waals surface area contributed by atoms with E-state index in [0.717, 1.165) is 55.4 Å². The molecule has 1 aromatic rings. The third-order valence-electron chi connectivity index (χ3n) is 6.22. The van der Waals surface area contributed by atoms with Crippen molar-refractivity contribution in [2.45, 2.75) is 46.1 Å². The van der Waals surface area contributed by atoms with Crippen LogP contribution in [-0.2, 0) is 16.1 Å². The van der Waals surface area contributed by atoms with Crippen molar-refractivity contribution in [3.05, 3.63) is 16.1 Å². The Kier molecular flexibility index (Phi) is 4.56. The SMILES string of the molecule is Cc1nc(CN2C[C@@H]3CN(C(=O)C4CCC(C)CC4)C[C@@H]3C2=O)cs1. The third-order valence-corrected chi connectivity index (χ3v) is 7.04. The summed E-state index contributed by atoms with van der Waals surface area (Å²) in [6.45, 7) is 7.04. The van der Waals surface area contributed by atoms with Gasteiger partial charge in [-0.15, -0.1) is 11.3 Å². The van der Waals surface area contributed by atoms with E-state index in [1.807, 2.05) is 22.1 Å². The van der Waals surface area contributed by atoms with Gasteiger partial charge in [0.15, 0.2) is 0 Å². The quantitative estimate of drug-likeness (QED) is 0.832. The van der Waals surface area contributed by atoms with Crippen LogP contribution in [0.1, 0.15) is 43.3 Å². The number of thiazole rings is 1. The van der Waals surface area contributed by atoms with Gasteiger partial charge < -0.3 is 9.80 Å². The number of aromatic nitrogens is 1. The van der Waals surface area contributed by atoms with Crippen LogP contribution in [-0.4, -0.2) is 46.2 Å². The van der Waals surface area contributed by atoms with Crippen molar-refractivity contribution in [2.24, 2.45) is 23.7 Å². The summed E-state index contributed by atoms with van der Waals surface area (Å²) in [6, 6.07) is 0. The maximum absolute atomic E-state index is 12.8. The molecule has 2 aliphatic heterocycles. The second-order valence-corrected chi connectivity index (χ2v) is 9.21. The van der Waals surface area contributed by atoms with Gasteiger partial charge in [0.25, 0.3) is 0 Å². The van der Waals surface area contributed by atoms with Gasteiger partial charge in [0.2, 0.25) is 11.8 Å². The Morgan fingerprint density at radius 2 is 2.00 bits per heavy atom. The van der Waals surface area contributed by atoms with Crippen LogP contribution in [0.5, 0.6) is 0 Å². The van der Waals surface area contributed by atoms with Crippen LogP contribution in [0.25, 0.3) is 0 Å². The molecule has 2 atom stereocenters. The lowest BCUT2D eigenvalue weighted by atomic mass is 9.82. The van der Waals surface area contributed by atoms with Crippen molar-refractivity contribution in [3.8, 4) is 0 Å². The maximum Gasteiger partial charge on any atom is 0.228 e. The van der Waals surface area contributed by atoms with Crippen LogP contribution in [0.4, 0.5) is 0 Å². The Bertz CT molecular complexity index is 665. The van der Waals surface area contributed by atoms with E-state index in [2.05, 4.69) is 11.9 Å². The van der Waals surface area contributed by atoms with E-state index < -0.39 is 0 Å². The molecule has 1 saturated carbocycles. The number of nitrogens with zero attached hydrogens (tertiary/aromatic N) is 3. The van der Waals surface area contributed by atoms with Crippen molar-refractivity contribution in [1.29, 1.82) is 0 Å². The second-order valence-electron chi connectivity index (χ2n) is 8.14. The summed E-state index contributed by atoms with van der Waals surface area (Å²) in [5.41, 5.74) is 0.986. The maximum atomic E-state index is 12.8. The van der Waals surface area contributed by atoms with Crippen LogP contribution in [0.15, 0.2) is 5.38 Å². The minimum atomic E-state index is 0.00574. The van der Waals surface area contributed by atoms with E-state index in [1.165, 1.54) is 0 Å². The molecule has 3 aliphatic rings. The molecule has 3 fully saturated rings. The number of hydrogen-bond acceptors (Lipinski definition) is 4. The molecule has 1 aliphatic carbocycles. The van der Waals surface area contributed by atoms with Crippen molar-refractivity contribution in [1.82, 2.24) is 14.8 Å². The molecule has 0 radical (unpaired) electrons. The van der Waals surface area contributed by atoms with Gasteiger partial charge >= 0.3 is 0 Å². The molecule has 3 heterocycles. The summed E-state index contributed by atoms with van der Waals surface area (Å²) in [7, 11) is 0. The molecule has 6 heteroatoms. The van der Waals surface area contributed by atoms with Gasteiger partial charge in [-0.25, -0.2) is 4.98 Å². The van der Waals surface area contributed by atoms with E-state index in [0.29, 0.717) is 24.9 Å². The molecule has 0 spiro atoms. The highest BCUT2D eigenvalue weighted by atomic mass is 32.1.